The minimum atomic E-state index is -0.805. The molecule has 0 saturated carbocycles. The fourth-order valence-electron chi connectivity index (χ4n) is 1.88. The molecule has 0 fully saturated rings. The van der Waals surface area contributed by atoms with Gasteiger partial charge in [-0.3, -0.25) is 4.79 Å². The average molecular weight is 287 g/mol. The Kier molecular flexibility index (Phi) is 5.07. The molecule has 2 rings (SSSR count). The van der Waals surface area contributed by atoms with Crippen LogP contribution in [-0.4, -0.2) is 17.6 Å². The van der Waals surface area contributed by atoms with Crippen LogP contribution in [0.3, 0.4) is 0 Å². The van der Waals surface area contributed by atoms with E-state index in [1.54, 1.807) is 11.8 Å². The van der Waals surface area contributed by atoms with Crippen LogP contribution >= 0.6 is 11.8 Å². The van der Waals surface area contributed by atoms with E-state index in [4.69, 9.17) is 5.11 Å². The normalized spacial score (nSPS) is 10.2. The van der Waals surface area contributed by atoms with E-state index in [2.05, 4.69) is 12.2 Å². The highest BCUT2D eigenvalue weighted by Gasteiger charge is 2.07. The van der Waals surface area contributed by atoms with Crippen LogP contribution in [0, 0.1) is 0 Å². The zero-order valence-corrected chi connectivity index (χ0v) is 12.1. The molecule has 4 heteroatoms. The molecule has 0 radical (unpaired) electrons. The Morgan fingerprint density at radius 3 is 2.50 bits per heavy atom. The predicted octanol–water partition coefficient (Wildman–Crippen LogP) is 3.90. The molecule has 0 aliphatic carbocycles. The standard InChI is InChI=1S/C16H17NO2S/c1-2-17-13-7-9-14(10-8-13)20-15-6-4-3-5-12(15)11-16(18)19/h3-10,17H,2,11H2,1H3,(H,18,19). The van der Waals surface area contributed by atoms with Crippen LogP contribution in [0.15, 0.2) is 58.3 Å². The van der Waals surface area contributed by atoms with Crippen LogP contribution < -0.4 is 5.32 Å². The summed E-state index contributed by atoms with van der Waals surface area (Å²) in [5.41, 5.74) is 1.94. The van der Waals surface area contributed by atoms with Gasteiger partial charge in [0.25, 0.3) is 0 Å². The van der Waals surface area contributed by atoms with Gasteiger partial charge in [0.15, 0.2) is 0 Å². The number of nitrogens with one attached hydrogen (secondary N) is 1. The van der Waals surface area contributed by atoms with Crippen molar-refractivity contribution in [1.29, 1.82) is 0 Å². The van der Waals surface area contributed by atoms with Crippen molar-refractivity contribution in [2.24, 2.45) is 0 Å². The first-order chi connectivity index (χ1) is 9.69. The maximum atomic E-state index is 10.9. The number of anilines is 1. The molecule has 0 atom stereocenters. The van der Waals surface area contributed by atoms with Crippen LogP contribution in [0.5, 0.6) is 0 Å². The van der Waals surface area contributed by atoms with Gasteiger partial charge in [-0.15, -0.1) is 0 Å². The Balaban J connectivity index is 2.15. The molecule has 0 aliphatic rings. The van der Waals surface area contributed by atoms with Crippen molar-refractivity contribution in [3.63, 3.8) is 0 Å². The van der Waals surface area contributed by atoms with E-state index in [9.17, 15) is 4.79 Å². The lowest BCUT2D eigenvalue weighted by Crippen LogP contribution is -2.01. The lowest BCUT2D eigenvalue weighted by atomic mass is 10.1. The van der Waals surface area contributed by atoms with Crippen LogP contribution in [0.2, 0.25) is 0 Å². The number of carbonyl (C=O) groups is 1. The molecular weight excluding hydrogens is 270 g/mol. The Bertz CT molecular complexity index is 581. The number of carboxylic acids is 1. The number of benzene rings is 2. The average Bonchev–Trinajstić information content (AvgIpc) is 2.43. The highest BCUT2D eigenvalue weighted by atomic mass is 32.2. The summed E-state index contributed by atoms with van der Waals surface area (Å²) in [7, 11) is 0. The molecule has 0 bridgehead atoms. The van der Waals surface area contributed by atoms with Gasteiger partial charge in [0.2, 0.25) is 0 Å². The minimum absolute atomic E-state index is 0.0542. The van der Waals surface area contributed by atoms with Crippen molar-refractivity contribution >= 4 is 23.4 Å². The molecule has 0 unspecified atom stereocenters. The predicted molar refractivity (Wildman–Crippen MR) is 82.5 cm³/mol. The number of carboxylic acid groups (broad SMARTS) is 1. The Hall–Kier alpha value is -1.94. The molecule has 2 aromatic carbocycles. The van der Waals surface area contributed by atoms with Crippen LogP contribution in [0.1, 0.15) is 12.5 Å². The lowest BCUT2D eigenvalue weighted by molar-refractivity contribution is -0.136. The number of hydrogen-bond donors (Lipinski definition) is 2. The number of hydrogen-bond acceptors (Lipinski definition) is 3. The third-order valence-corrected chi connectivity index (χ3v) is 3.90. The smallest absolute Gasteiger partial charge is 0.307 e. The molecule has 0 spiro atoms. The van der Waals surface area contributed by atoms with Gasteiger partial charge in [-0.25, -0.2) is 0 Å². The number of rotatable bonds is 6. The van der Waals surface area contributed by atoms with Gasteiger partial charge in [0.05, 0.1) is 6.42 Å². The summed E-state index contributed by atoms with van der Waals surface area (Å²) in [6.45, 7) is 2.96. The zero-order chi connectivity index (χ0) is 14.4. The van der Waals surface area contributed by atoms with Crippen molar-refractivity contribution in [2.75, 3.05) is 11.9 Å². The molecule has 3 nitrogen and oxygen atoms in total. The summed E-state index contributed by atoms with van der Waals surface area (Å²) in [6.07, 6.45) is 0.0542. The zero-order valence-electron chi connectivity index (χ0n) is 11.3. The first kappa shape index (κ1) is 14.5. The second kappa shape index (κ2) is 7.01. The summed E-state index contributed by atoms with van der Waals surface area (Å²) < 4.78 is 0. The molecule has 0 heterocycles. The van der Waals surface area contributed by atoms with Gasteiger partial charge in [-0.1, -0.05) is 30.0 Å². The van der Waals surface area contributed by atoms with Gasteiger partial charge >= 0.3 is 5.97 Å². The quantitative estimate of drug-likeness (QED) is 0.846. The fraction of sp³-hybridized carbons (Fsp3) is 0.188. The van der Waals surface area contributed by atoms with Gasteiger partial charge in [-0.05, 0) is 42.8 Å². The van der Waals surface area contributed by atoms with Crippen LogP contribution in [0.25, 0.3) is 0 Å². The summed E-state index contributed by atoms with van der Waals surface area (Å²) >= 11 is 1.59. The summed E-state index contributed by atoms with van der Waals surface area (Å²) in [5.74, 6) is -0.805. The monoisotopic (exact) mass is 287 g/mol. The van der Waals surface area contributed by atoms with E-state index in [0.717, 1.165) is 27.6 Å². The van der Waals surface area contributed by atoms with E-state index in [0.29, 0.717) is 0 Å². The molecule has 2 N–H and O–H groups in total. The van der Waals surface area contributed by atoms with Crippen LogP contribution in [-0.2, 0) is 11.2 Å². The van der Waals surface area contributed by atoms with Crippen LogP contribution in [0.4, 0.5) is 5.69 Å². The molecule has 104 valence electrons. The number of aliphatic carboxylic acids is 1. The third-order valence-electron chi connectivity index (χ3n) is 2.78. The minimum Gasteiger partial charge on any atom is -0.481 e. The van der Waals surface area contributed by atoms with E-state index in [1.807, 2.05) is 48.5 Å². The Morgan fingerprint density at radius 1 is 1.15 bits per heavy atom. The van der Waals surface area contributed by atoms with Crippen molar-refractivity contribution in [3.05, 3.63) is 54.1 Å². The highest BCUT2D eigenvalue weighted by Crippen LogP contribution is 2.31. The molecule has 20 heavy (non-hydrogen) atoms. The fourth-order valence-corrected chi connectivity index (χ4v) is 2.83. The lowest BCUT2D eigenvalue weighted by Gasteiger charge is -2.08. The van der Waals surface area contributed by atoms with E-state index < -0.39 is 5.97 Å². The van der Waals surface area contributed by atoms with Gasteiger partial charge < -0.3 is 10.4 Å². The Morgan fingerprint density at radius 2 is 1.85 bits per heavy atom. The molecule has 0 saturated heterocycles. The highest BCUT2D eigenvalue weighted by molar-refractivity contribution is 7.99. The molecule has 0 aromatic heterocycles. The maximum absolute atomic E-state index is 10.9. The molecule has 0 aliphatic heterocycles. The molecule has 2 aromatic rings. The Labute approximate surface area is 123 Å². The van der Waals surface area contributed by atoms with Gasteiger partial charge in [-0.2, -0.15) is 0 Å². The van der Waals surface area contributed by atoms with Crippen molar-refractivity contribution in [3.8, 4) is 0 Å². The van der Waals surface area contributed by atoms with Gasteiger partial charge in [0, 0.05) is 22.0 Å². The van der Waals surface area contributed by atoms with E-state index in [-0.39, 0.29) is 6.42 Å². The van der Waals surface area contributed by atoms with Crippen molar-refractivity contribution in [1.82, 2.24) is 0 Å². The second-order valence-corrected chi connectivity index (χ2v) is 5.45. The van der Waals surface area contributed by atoms with Crippen molar-refractivity contribution in [2.45, 2.75) is 23.1 Å². The van der Waals surface area contributed by atoms with Gasteiger partial charge in [0.1, 0.15) is 0 Å². The maximum Gasteiger partial charge on any atom is 0.307 e. The third kappa shape index (κ3) is 4.03. The largest absolute Gasteiger partial charge is 0.481 e. The molecular formula is C16H17NO2S. The van der Waals surface area contributed by atoms with E-state index in [1.165, 1.54) is 0 Å². The SMILES string of the molecule is CCNc1ccc(Sc2ccccc2CC(=O)O)cc1. The summed E-state index contributed by atoms with van der Waals surface area (Å²) in [6, 6.07) is 15.8. The second-order valence-electron chi connectivity index (χ2n) is 4.34. The first-order valence-electron chi connectivity index (χ1n) is 6.50. The van der Waals surface area contributed by atoms with E-state index >= 15 is 0 Å². The molecule has 0 amide bonds. The first-order valence-corrected chi connectivity index (χ1v) is 7.32. The summed E-state index contributed by atoms with van der Waals surface area (Å²) in [5, 5.41) is 12.2. The van der Waals surface area contributed by atoms with Crippen molar-refractivity contribution < 1.29 is 9.90 Å². The topological polar surface area (TPSA) is 49.3 Å². The summed E-state index contributed by atoms with van der Waals surface area (Å²) in [4.78, 5) is 13.0.